The Bertz CT molecular complexity index is 1520. The molecule has 0 aromatic carbocycles. The first-order chi connectivity index (χ1) is 19.6. The summed E-state index contributed by atoms with van der Waals surface area (Å²) < 4.78 is 49.5. The number of aliphatic hydroxyl groups is 1. The summed E-state index contributed by atoms with van der Waals surface area (Å²) in [4.78, 5) is 29.6. The van der Waals surface area contributed by atoms with Gasteiger partial charge in [-0.3, -0.25) is 14.3 Å². The average Bonchev–Trinajstić information content (AvgIpc) is 3.37. The number of anilines is 1. The Balaban J connectivity index is 1.43. The first kappa shape index (κ1) is 27.9. The third kappa shape index (κ3) is 5.16. The summed E-state index contributed by atoms with van der Waals surface area (Å²) in [5.41, 5.74) is -2.13. The molecule has 41 heavy (non-hydrogen) atoms. The van der Waals surface area contributed by atoms with E-state index in [2.05, 4.69) is 21.9 Å². The van der Waals surface area contributed by atoms with Crippen molar-refractivity contribution in [1.82, 2.24) is 24.4 Å². The van der Waals surface area contributed by atoms with E-state index in [1.54, 1.807) is 6.92 Å². The predicted octanol–water partition coefficient (Wildman–Crippen LogP) is 4.38. The van der Waals surface area contributed by atoms with Crippen LogP contribution in [0, 0.1) is 11.2 Å². The molecule has 3 fully saturated rings. The molecule has 1 saturated carbocycles. The zero-order valence-electron chi connectivity index (χ0n) is 23.3. The molecule has 0 radical (unpaired) electrons. The van der Waals surface area contributed by atoms with Crippen LogP contribution in [0.4, 0.5) is 19.0 Å². The van der Waals surface area contributed by atoms with Gasteiger partial charge in [0.2, 0.25) is 0 Å². The van der Waals surface area contributed by atoms with E-state index >= 15 is 4.39 Å². The number of pyridine rings is 2. The molecule has 1 N–H and O–H groups in total. The van der Waals surface area contributed by atoms with Gasteiger partial charge >= 0.3 is 12.6 Å². The Morgan fingerprint density at radius 2 is 1.93 bits per heavy atom. The van der Waals surface area contributed by atoms with Gasteiger partial charge in [-0.05, 0) is 65.1 Å². The van der Waals surface area contributed by atoms with Gasteiger partial charge in [-0.1, -0.05) is 6.42 Å². The Labute approximate surface area is 236 Å². The maximum Gasteiger partial charge on any atom is 0.321 e. The standard InChI is InChI=1S/C29H35F3N6O3/c1-28(40)9-4-13-37(16-28)25-19-14-33-23(18-7-8-21(39)38(15-18)26(31)32)22(30)24(19)34-27(35-25)41-17-29-10-3-6-20(29)36(2)12-5-11-29/h7-8,14-15,20,26,40H,3-6,9-13,16-17H2,1-2H3/t20-,28-,29-/m1/s1. The maximum absolute atomic E-state index is 16.2. The van der Waals surface area contributed by atoms with Gasteiger partial charge in [0.05, 0.1) is 17.6 Å². The lowest BCUT2D eigenvalue weighted by Gasteiger charge is -2.44. The molecular weight excluding hydrogens is 537 g/mol. The fourth-order valence-electron chi connectivity index (χ4n) is 7.11. The van der Waals surface area contributed by atoms with Gasteiger partial charge in [0.15, 0.2) is 5.82 Å². The molecule has 3 atom stereocenters. The van der Waals surface area contributed by atoms with Crippen molar-refractivity contribution in [2.75, 3.05) is 38.2 Å². The number of hydrogen-bond donors (Lipinski definition) is 1. The second kappa shape index (κ2) is 10.5. The number of β-amino-alcohol motifs (C(OH)–C–C–N with tert-alkyl or cyclic N) is 1. The smallest absolute Gasteiger partial charge is 0.321 e. The van der Waals surface area contributed by atoms with Gasteiger partial charge < -0.3 is 19.6 Å². The summed E-state index contributed by atoms with van der Waals surface area (Å²) in [6, 6.07) is 2.66. The minimum Gasteiger partial charge on any atom is -0.463 e. The molecule has 0 amide bonds. The van der Waals surface area contributed by atoms with E-state index in [0.29, 0.717) is 36.8 Å². The second-order valence-electron chi connectivity index (χ2n) is 12.1. The highest BCUT2D eigenvalue weighted by Gasteiger charge is 2.47. The molecule has 3 aromatic rings. The number of rotatable bonds is 6. The van der Waals surface area contributed by atoms with Crippen LogP contribution in [0.2, 0.25) is 0 Å². The first-order valence-corrected chi connectivity index (χ1v) is 14.2. The molecule has 220 valence electrons. The summed E-state index contributed by atoms with van der Waals surface area (Å²) in [5, 5.41) is 11.1. The Kier molecular flexibility index (Phi) is 7.17. The van der Waals surface area contributed by atoms with Crippen molar-refractivity contribution < 1.29 is 23.0 Å². The van der Waals surface area contributed by atoms with E-state index in [1.165, 1.54) is 12.3 Å². The number of nitrogens with zero attached hydrogens (tertiary/aromatic N) is 6. The summed E-state index contributed by atoms with van der Waals surface area (Å²) in [6.45, 7) is 1.03. The van der Waals surface area contributed by atoms with Crippen LogP contribution >= 0.6 is 0 Å². The van der Waals surface area contributed by atoms with Gasteiger partial charge in [0.25, 0.3) is 5.56 Å². The van der Waals surface area contributed by atoms with E-state index in [0.717, 1.165) is 57.3 Å². The molecule has 6 rings (SSSR count). The number of likely N-dealkylation sites (tertiary alicyclic amines) is 1. The molecule has 12 heteroatoms. The third-order valence-corrected chi connectivity index (χ3v) is 9.11. The largest absolute Gasteiger partial charge is 0.463 e. The van der Waals surface area contributed by atoms with Gasteiger partial charge in [-0.25, -0.2) is 4.39 Å². The number of alkyl halides is 2. The normalized spacial score (nSPS) is 27.0. The van der Waals surface area contributed by atoms with Crippen LogP contribution in [-0.4, -0.2) is 74.5 Å². The number of hydrogen-bond acceptors (Lipinski definition) is 8. The maximum atomic E-state index is 16.2. The third-order valence-electron chi connectivity index (χ3n) is 9.11. The van der Waals surface area contributed by atoms with Gasteiger partial charge in [-0.15, -0.1) is 0 Å². The SMILES string of the molecule is CN1CCC[C@@]2(COc3nc(N4CCC[C@@](C)(O)C4)c4cnc(-c5ccc(=O)n(C(F)F)c5)c(F)c4n3)CCC[C@@H]12. The number of fused-ring (bicyclic) bond motifs is 2. The Morgan fingerprint density at radius 1 is 1.15 bits per heavy atom. The second-order valence-corrected chi connectivity index (χ2v) is 12.1. The Morgan fingerprint density at radius 3 is 2.71 bits per heavy atom. The van der Waals surface area contributed by atoms with Crippen molar-refractivity contribution in [2.24, 2.45) is 5.41 Å². The minimum absolute atomic E-state index is 0.0192. The summed E-state index contributed by atoms with van der Waals surface area (Å²) >= 11 is 0. The first-order valence-electron chi connectivity index (χ1n) is 14.2. The summed E-state index contributed by atoms with van der Waals surface area (Å²) in [6.07, 6.45) is 9.04. The Hall–Kier alpha value is -3.25. The van der Waals surface area contributed by atoms with Gasteiger partial charge in [0, 0.05) is 48.6 Å². The van der Waals surface area contributed by atoms with Crippen LogP contribution in [0.1, 0.15) is 58.4 Å². The average molecular weight is 573 g/mol. The lowest BCUT2D eigenvalue weighted by Crippen LogP contribution is -2.50. The van der Waals surface area contributed by atoms with Crippen molar-refractivity contribution in [3.8, 4) is 17.3 Å². The van der Waals surface area contributed by atoms with Crippen molar-refractivity contribution >= 4 is 16.7 Å². The van der Waals surface area contributed by atoms with E-state index in [9.17, 15) is 18.7 Å². The fourth-order valence-corrected chi connectivity index (χ4v) is 7.11. The van der Waals surface area contributed by atoms with Crippen LogP contribution in [0.15, 0.2) is 29.3 Å². The fraction of sp³-hybridized carbons (Fsp3) is 0.586. The van der Waals surface area contributed by atoms with Gasteiger partial charge in [0.1, 0.15) is 17.0 Å². The van der Waals surface area contributed by atoms with Crippen LogP contribution in [0.25, 0.3) is 22.2 Å². The van der Waals surface area contributed by atoms with E-state index in [1.807, 2.05) is 4.90 Å². The molecule has 0 bridgehead atoms. The highest BCUT2D eigenvalue weighted by Crippen LogP contribution is 2.47. The lowest BCUT2D eigenvalue weighted by atomic mass is 9.76. The molecule has 0 spiro atoms. The van der Waals surface area contributed by atoms with Crippen LogP contribution < -0.4 is 15.2 Å². The predicted molar refractivity (Wildman–Crippen MR) is 148 cm³/mol. The molecule has 3 aromatic heterocycles. The molecule has 9 nitrogen and oxygen atoms in total. The lowest BCUT2D eigenvalue weighted by molar-refractivity contribution is 0.0132. The molecule has 0 unspecified atom stereocenters. The number of piperidine rings is 2. The van der Waals surface area contributed by atoms with Crippen molar-refractivity contribution in [3.63, 3.8) is 0 Å². The van der Waals surface area contributed by atoms with Crippen LogP contribution in [0.5, 0.6) is 6.01 Å². The van der Waals surface area contributed by atoms with Gasteiger partial charge in [-0.2, -0.15) is 18.7 Å². The number of ether oxygens (including phenoxy) is 1. The summed E-state index contributed by atoms with van der Waals surface area (Å²) in [7, 11) is 2.15. The quantitative estimate of drug-likeness (QED) is 0.465. The monoisotopic (exact) mass is 572 g/mol. The molecular formula is C29H35F3N6O3. The van der Waals surface area contributed by atoms with E-state index in [-0.39, 0.29) is 39.3 Å². The molecule has 2 aliphatic heterocycles. The molecule has 2 saturated heterocycles. The zero-order valence-corrected chi connectivity index (χ0v) is 23.3. The van der Waals surface area contributed by atoms with Crippen molar-refractivity contribution in [2.45, 2.75) is 70.1 Å². The zero-order chi connectivity index (χ0) is 28.9. The highest BCUT2D eigenvalue weighted by atomic mass is 19.3. The highest BCUT2D eigenvalue weighted by molar-refractivity contribution is 5.92. The van der Waals surface area contributed by atoms with Crippen molar-refractivity contribution in [1.29, 1.82) is 0 Å². The molecule has 1 aliphatic carbocycles. The molecule has 5 heterocycles. The van der Waals surface area contributed by atoms with E-state index in [4.69, 9.17) is 9.72 Å². The number of halogens is 3. The molecule has 3 aliphatic rings. The van der Waals surface area contributed by atoms with E-state index < -0.39 is 23.5 Å². The van der Waals surface area contributed by atoms with Crippen molar-refractivity contribution in [3.05, 3.63) is 40.7 Å². The summed E-state index contributed by atoms with van der Waals surface area (Å²) in [5.74, 6) is -0.421. The minimum atomic E-state index is -3.08. The topological polar surface area (TPSA) is 96.6 Å². The van der Waals surface area contributed by atoms with Crippen LogP contribution in [0.3, 0.4) is 0 Å². The van der Waals surface area contributed by atoms with Crippen LogP contribution in [-0.2, 0) is 0 Å². The number of aromatic nitrogens is 4.